The fourth-order valence-corrected chi connectivity index (χ4v) is 2.22. The molecule has 0 spiro atoms. The molecule has 0 saturated heterocycles. The predicted molar refractivity (Wildman–Crippen MR) is 75.9 cm³/mol. The van der Waals surface area contributed by atoms with Crippen LogP contribution in [0.2, 0.25) is 0 Å². The Morgan fingerprint density at radius 1 is 1.14 bits per heavy atom. The summed E-state index contributed by atoms with van der Waals surface area (Å²) in [5.74, 6) is -0.697. The number of sulfone groups is 1. The molecule has 0 fully saturated rings. The van der Waals surface area contributed by atoms with Crippen LogP contribution in [0.3, 0.4) is 0 Å². The van der Waals surface area contributed by atoms with E-state index < -0.39 is 15.8 Å². The number of aromatic nitrogens is 2. The Bertz CT molecular complexity index is 740. The van der Waals surface area contributed by atoms with Crippen LogP contribution >= 0.6 is 0 Å². The van der Waals surface area contributed by atoms with Crippen molar-refractivity contribution in [1.82, 2.24) is 10.2 Å². The van der Waals surface area contributed by atoms with Crippen molar-refractivity contribution in [3.05, 3.63) is 47.7 Å². The molecule has 0 amide bonds. The van der Waals surface area contributed by atoms with Gasteiger partial charge in [0, 0.05) is 12.8 Å². The van der Waals surface area contributed by atoms with Crippen LogP contribution in [-0.4, -0.2) is 35.9 Å². The minimum atomic E-state index is -3.20. The molecule has 1 heterocycles. The lowest BCUT2D eigenvalue weighted by molar-refractivity contribution is 0.0689. The molecule has 1 aromatic heterocycles. The normalized spacial score (nSPS) is 11.1. The van der Waals surface area contributed by atoms with E-state index in [9.17, 15) is 13.2 Å². The highest BCUT2D eigenvalue weighted by Gasteiger charge is 2.07. The number of nitrogens with one attached hydrogen (secondary N) is 1. The first kappa shape index (κ1) is 14.9. The molecule has 110 valence electrons. The van der Waals surface area contributed by atoms with Gasteiger partial charge in [0.1, 0.15) is 5.82 Å². The molecule has 7 nitrogen and oxygen atoms in total. The average Bonchev–Trinajstić information content (AvgIpc) is 2.45. The van der Waals surface area contributed by atoms with E-state index in [-0.39, 0.29) is 10.6 Å². The molecule has 8 heteroatoms. The number of hydrogen-bond acceptors (Lipinski definition) is 6. The number of benzene rings is 1. The summed E-state index contributed by atoms with van der Waals surface area (Å²) in [4.78, 5) is 10.9. The smallest absolute Gasteiger partial charge is 0.356 e. The lowest BCUT2D eigenvalue weighted by Crippen LogP contribution is -2.06. The second-order valence-electron chi connectivity index (χ2n) is 4.38. The molecule has 0 saturated carbocycles. The van der Waals surface area contributed by atoms with Gasteiger partial charge in [-0.3, -0.25) is 0 Å². The zero-order chi connectivity index (χ0) is 15.5. The van der Waals surface area contributed by atoms with Crippen molar-refractivity contribution in [3.8, 4) is 0 Å². The van der Waals surface area contributed by atoms with E-state index in [0.717, 1.165) is 11.8 Å². The van der Waals surface area contributed by atoms with Gasteiger partial charge in [-0.05, 0) is 29.8 Å². The second kappa shape index (κ2) is 5.88. The number of nitrogens with zero attached hydrogens (tertiary/aromatic N) is 2. The molecule has 0 aliphatic heterocycles. The topological polar surface area (TPSA) is 109 Å². The van der Waals surface area contributed by atoms with Crippen LogP contribution in [0, 0.1) is 0 Å². The van der Waals surface area contributed by atoms with E-state index >= 15 is 0 Å². The minimum absolute atomic E-state index is 0.127. The highest BCUT2D eigenvalue weighted by Crippen LogP contribution is 2.11. The Morgan fingerprint density at radius 3 is 2.29 bits per heavy atom. The molecule has 1 aromatic carbocycles. The van der Waals surface area contributed by atoms with Crippen LogP contribution < -0.4 is 5.32 Å². The molecule has 2 rings (SSSR count). The molecule has 0 radical (unpaired) electrons. The van der Waals surface area contributed by atoms with Crippen molar-refractivity contribution in [2.24, 2.45) is 0 Å². The van der Waals surface area contributed by atoms with E-state index in [0.29, 0.717) is 12.4 Å². The number of carboxylic acids is 1. The molecule has 0 aliphatic rings. The van der Waals surface area contributed by atoms with Gasteiger partial charge in [-0.25, -0.2) is 13.2 Å². The molecular formula is C13H13N3O4S. The fraction of sp³-hybridized carbons (Fsp3) is 0.154. The van der Waals surface area contributed by atoms with Crippen LogP contribution in [0.1, 0.15) is 16.1 Å². The van der Waals surface area contributed by atoms with E-state index in [1.165, 1.54) is 24.3 Å². The second-order valence-corrected chi connectivity index (χ2v) is 6.39. The Morgan fingerprint density at radius 2 is 1.81 bits per heavy atom. The zero-order valence-corrected chi connectivity index (χ0v) is 12.0. The third-order valence-corrected chi connectivity index (χ3v) is 3.84. The molecule has 0 unspecified atom stereocenters. The maximum atomic E-state index is 11.3. The van der Waals surface area contributed by atoms with E-state index in [4.69, 9.17) is 5.11 Å². The number of anilines is 1. The molecule has 0 aliphatic carbocycles. The largest absolute Gasteiger partial charge is 0.476 e. The summed E-state index contributed by atoms with van der Waals surface area (Å²) in [7, 11) is -3.20. The summed E-state index contributed by atoms with van der Waals surface area (Å²) >= 11 is 0. The van der Waals surface area contributed by atoms with Crippen molar-refractivity contribution in [3.63, 3.8) is 0 Å². The Hall–Kier alpha value is -2.48. The molecule has 2 aromatic rings. The first-order valence-corrected chi connectivity index (χ1v) is 7.85. The average molecular weight is 307 g/mol. The van der Waals surface area contributed by atoms with Gasteiger partial charge in [-0.15, -0.1) is 10.2 Å². The Balaban J connectivity index is 2.01. The van der Waals surface area contributed by atoms with Gasteiger partial charge in [-0.2, -0.15) is 0 Å². The van der Waals surface area contributed by atoms with Gasteiger partial charge in [0.05, 0.1) is 4.90 Å². The van der Waals surface area contributed by atoms with Crippen molar-refractivity contribution in [1.29, 1.82) is 0 Å². The summed E-state index contributed by atoms with van der Waals surface area (Å²) in [6.07, 6.45) is 1.15. The van der Waals surface area contributed by atoms with Gasteiger partial charge < -0.3 is 10.4 Å². The van der Waals surface area contributed by atoms with E-state index in [1.54, 1.807) is 12.1 Å². The van der Waals surface area contributed by atoms with Crippen molar-refractivity contribution >= 4 is 21.6 Å². The lowest BCUT2D eigenvalue weighted by atomic mass is 10.2. The third-order valence-electron chi connectivity index (χ3n) is 2.71. The quantitative estimate of drug-likeness (QED) is 0.853. The highest BCUT2D eigenvalue weighted by molar-refractivity contribution is 7.90. The number of carboxylic acid groups (broad SMARTS) is 1. The van der Waals surface area contributed by atoms with E-state index in [1.807, 2.05) is 0 Å². The maximum Gasteiger partial charge on any atom is 0.356 e. The summed E-state index contributed by atoms with van der Waals surface area (Å²) in [5.41, 5.74) is 0.740. The lowest BCUT2D eigenvalue weighted by Gasteiger charge is -2.06. The Kier molecular flexibility index (Phi) is 4.18. The van der Waals surface area contributed by atoms with Crippen LogP contribution in [0.15, 0.2) is 41.3 Å². The van der Waals surface area contributed by atoms with Gasteiger partial charge >= 0.3 is 5.97 Å². The minimum Gasteiger partial charge on any atom is -0.476 e. The van der Waals surface area contributed by atoms with Crippen molar-refractivity contribution < 1.29 is 18.3 Å². The maximum absolute atomic E-state index is 11.3. The van der Waals surface area contributed by atoms with Crippen LogP contribution in [-0.2, 0) is 16.4 Å². The summed E-state index contributed by atoms with van der Waals surface area (Å²) in [6, 6.07) is 9.33. The summed E-state index contributed by atoms with van der Waals surface area (Å²) in [5, 5.41) is 19.0. The monoisotopic (exact) mass is 307 g/mol. The SMILES string of the molecule is CS(=O)(=O)c1ccc(CNc2ccc(C(=O)O)nn2)cc1. The van der Waals surface area contributed by atoms with Gasteiger partial charge in [0.25, 0.3) is 0 Å². The van der Waals surface area contributed by atoms with Crippen molar-refractivity contribution in [2.75, 3.05) is 11.6 Å². The van der Waals surface area contributed by atoms with Gasteiger partial charge in [-0.1, -0.05) is 12.1 Å². The number of aromatic carboxylic acids is 1. The zero-order valence-electron chi connectivity index (χ0n) is 11.1. The first-order chi connectivity index (χ1) is 9.86. The number of rotatable bonds is 5. The van der Waals surface area contributed by atoms with Gasteiger partial charge in [0.15, 0.2) is 15.5 Å². The van der Waals surface area contributed by atoms with Crippen molar-refractivity contribution in [2.45, 2.75) is 11.4 Å². The van der Waals surface area contributed by atoms with Crippen LogP contribution in [0.25, 0.3) is 0 Å². The molecule has 0 bridgehead atoms. The highest BCUT2D eigenvalue weighted by atomic mass is 32.2. The molecule has 2 N–H and O–H groups in total. The molecule has 21 heavy (non-hydrogen) atoms. The Labute approximate surface area is 121 Å². The number of hydrogen-bond donors (Lipinski definition) is 2. The fourth-order valence-electron chi connectivity index (χ4n) is 1.59. The summed E-state index contributed by atoms with van der Waals surface area (Å²) in [6.45, 7) is 0.422. The standard InChI is InChI=1S/C13H13N3O4S/c1-21(19,20)10-4-2-9(3-5-10)8-14-12-7-6-11(13(17)18)15-16-12/h2-7H,8H2,1H3,(H,14,16)(H,17,18). The molecular weight excluding hydrogens is 294 g/mol. The third kappa shape index (κ3) is 3.99. The van der Waals surface area contributed by atoms with Crippen LogP contribution in [0.4, 0.5) is 5.82 Å². The first-order valence-electron chi connectivity index (χ1n) is 5.96. The van der Waals surface area contributed by atoms with Gasteiger partial charge in [0.2, 0.25) is 0 Å². The van der Waals surface area contributed by atoms with E-state index in [2.05, 4.69) is 15.5 Å². The van der Waals surface area contributed by atoms with Crippen LogP contribution in [0.5, 0.6) is 0 Å². The molecule has 0 atom stereocenters. The summed E-state index contributed by atoms with van der Waals surface area (Å²) < 4.78 is 22.7. The predicted octanol–water partition coefficient (Wildman–Crippen LogP) is 1.19. The number of carbonyl (C=O) groups is 1.